The molecule has 4 rings (SSSR count). The number of benzene rings is 1. The zero-order valence-corrected chi connectivity index (χ0v) is 15.2. The summed E-state index contributed by atoms with van der Waals surface area (Å²) in [7, 11) is 0. The van der Waals surface area contributed by atoms with E-state index in [-0.39, 0.29) is 5.91 Å². The summed E-state index contributed by atoms with van der Waals surface area (Å²) in [5.41, 5.74) is 2.23. The quantitative estimate of drug-likeness (QED) is 0.765. The van der Waals surface area contributed by atoms with Crippen LogP contribution in [0, 0.1) is 11.8 Å². The molecular weight excluding hydrogens is 322 g/mol. The normalized spacial score (nSPS) is 28.6. The van der Waals surface area contributed by atoms with Crippen molar-refractivity contribution in [1.82, 2.24) is 4.90 Å². The first kappa shape index (κ1) is 15.9. The van der Waals surface area contributed by atoms with Crippen LogP contribution >= 0.6 is 23.5 Å². The summed E-state index contributed by atoms with van der Waals surface area (Å²) >= 11 is 4.04. The molecule has 23 heavy (non-hydrogen) atoms. The van der Waals surface area contributed by atoms with Gasteiger partial charge in [0.2, 0.25) is 0 Å². The third-order valence-corrected chi connectivity index (χ3v) is 8.73. The van der Waals surface area contributed by atoms with Crippen LogP contribution in [0.2, 0.25) is 0 Å². The van der Waals surface area contributed by atoms with E-state index in [4.69, 9.17) is 0 Å². The Hall–Kier alpha value is -0.610. The first-order chi connectivity index (χ1) is 11.3. The third kappa shape index (κ3) is 3.43. The lowest BCUT2D eigenvalue weighted by Crippen LogP contribution is -2.44. The first-order valence-corrected chi connectivity index (χ1v) is 11.0. The van der Waals surface area contributed by atoms with Gasteiger partial charge in [-0.1, -0.05) is 31.4 Å². The Morgan fingerprint density at radius 1 is 0.957 bits per heavy atom. The molecule has 4 heteroatoms. The summed E-state index contributed by atoms with van der Waals surface area (Å²) in [5, 5.41) is 0. The fraction of sp³-hybridized carbons (Fsp3) is 0.632. The van der Waals surface area contributed by atoms with Gasteiger partial charge in [-0.15, -0.1) is 23.5 Å². The monoisotopic (exact) mass is 347 g/mol. The molecule has 1 aromatic carbocycles. The number of likely N-dealkylation sites (tertiary alicyclic amines) is 1. The van der Waals surface area contributed by atoms with Gasteiger partial charge < -0.3 is 4.90 Å². The molecule has 0 N–H and O–H groups in total. The standard InChI is InChI=1S/C19H25NOS2/c21-18(20-10-9-14-3-1-2-4-17(14)13-20)15-5-7-16(8-6-15)19-22-11-12-23-19/h5-8,14,17,19H,1-4,9-13H2/t14-,17-/m0/s1. The van der Waals surface area contributed by atoms with E-state index in [0.717, 1.165) is 30.5 Å². The molecule has 0 spiro atoms. The number of amides is 1. The number of thioether (sulfide) groups is 2. The fourth-order valence-corrected chi connectivity index (χ4v) is 7.16. The van der Waals surface area contributed by atoms with E-state index in [1.165, 1.54) is 49.2 Å². The number of piperidine rings is 1. The van der Waals surface area contributed by atoms with E-state index in [1.54, 1.807) is 0 Å². The first-order valence-electron chi connectivity index (χ1n) is 8.94. The minimum Gasteiger partial charge on any atom is -0.338 e. The highest BCUT2D eigenvalue weighted by atomic mass is 32.2. The van der Waals surface area contributed by atoms with E-state index >= 15 is 0 Å². The Kier molecular flexibility index (Phi) is 4.91. The molecule has 3 fully saturated rings. The molecule has 2 heterocycles. The van der Waals surface area contributed by atoms with Crippen molar-refractivity contribution in [2.24, 2.45) is 11.8 Å². The minimum absolute atomic E-state index is 0.243. The number of hydrogen-bond donors (Lipinski definition) is 0. The Morgan fingerprint density at radius 3 is 2.39 bits per heavy atom. The number of nitrogens with zero attached hydrogens (tertiary/aromatic N) is 1. The summed E-state index contributed by atoms with van der Waals surface area (Å²) in [4.78, 5) is 14.9. The summed E-state index contributed by atoms with van der Waals surface area (Å²) in [6.45, 7) is 1.94. The molecule has 2 atom stereocenters. The van der Waals surface area contributed by atoms with Crippen molar-refractivity contribution in [1.29, 1.82) is 0 Å². The van der Waals surface area contributed by atoms with Crippen molar-refractivity contribution in [3.63, 3.8) is 0 Å². The van der Waals surface area contributed by atoms with E-state index in [2.05, 4.69) is 17.0 Å². The van der Waals surface area contributed by atoms with Crippen LogP contribution in [-0.2, 0) is 0 Å². The Bertz CT molecular complexity index is 553. The van der Waals surface area contributed by atoms with Gasteiger partial charge in [0.25, 0.3) is 5.91 Å². The topological polar surface area (TPSA) is 20.3 Å². The Morgan fingerprint density at radius 2 is 1.65 bits per heavy atom. The van der Waals surface area contributed by atoms with E-state index in [1.807, 2.05) is 35.7 Å². The molecule has 1 amide bonds. The molecule has 2 saturated heterocycles. The van der Waals surface area contributed by atoms with E-state index in [9.17, 15) is 4.79 Å². The lowest BCUT2D eigenvalue weighted by molar-refractivity contribution is 0.0521. The number of carbonyl (C=O) groups is 1. The predicted molar refractivity (Wildman–Crippen MR) is 100 cm³/mol. The van der Waals surface area contributed by atoms with Crippen molar-refractivity contribution in [2.45, 2.75) is 36.7 Å². The molecule has 1 aromatic rings. The highest BCUT2D eigenvalue weighted by Gasteiger charge is 2.33. The van der Waals surface area contributed by atoms with E-state index < -0.39 is 0 Å². The summed E-state index contributed by atoms with van der Waals surface area (Å²) < 4.78 is 0.567. The van der Waals surface area contributed by atoms with Crippen molar-refractivity contribution in [3.05, 3.63) is 35.4 Å². The molecule has 0 unspecified atom stereocenters. The van der Waals surface area contributed by atoms with Crippen LogP contribution in [0.5, 0.6) is 0 Å². The van der Waals surface area contributed by atoms with Gasteiger partial charge in [0.1, 0.15) is 0 Å². The van der Waals surface area contributed by atoms with Crippen molar-refractivity contribution >= 4 is 29.4 Å². The number of rotatable bonds is 2. The van der Waals surface area contributed by atoms with Crippen molar-refractivity contribution < 1.29 is 4.79 Å². The van der Waals surface area contributed by atoms with Crippen LogP contribution < -0.4 is 0 Å². The molecule has 0 radical (unpaired) electrons. The molecule has 3 aliphatic rings. The molecule has 1 saturated carbocycles. The lowest BCUT2D eigenvalue weighted by Gasteiger charge is -2.41. The van der Waals surface area contributed by atoms with Gasteiger partial charge in [-0.25, -0.2) is 0 Å². The summed E-state index contributed by atoms with van der Waals surface area (Å²) in [6.07, 6.45) is 6.67. The maximum atomic E-state index is 12.8. The van der Waals surface area contributed by atoms with Crippen molar-refractivity contribution in [3.8, 4) is 0 Å². The van der Waals surface area contributed by atoms with Crippen LogP contribution in [0.15, 0.2) is 24.3 Å². The van der Waals surface area contributed by atoms with Crippen LogP contribution in [0.4, 0.5) is 0 Å². The van der Waals surface area contributed by atoms with Crippen molar-refractivity contribution in [2.75, 3.05) is 24.6 Å². The maximum Gasteiger partial charge on any atom is 0.253 e. The highest BCUT2D eigenvalue weighted by molar-refractivity contribution is 8.19. The smallest absolute Gasteiger partial charge is 0.253 e. The van der Waals surface area contributed by atoms with Crippen LogP contribution in [0.25, 0.3) is 0 Å². The minimum atomic E-state index is 0.243. The molecule has 124 valence electrons. The largest absolute Gasteiger partial charge is 0.338 e. The van der Waals surface area contributed by atoms with Crippen LogP contribution in [0.3, 0.4) is 0 Å². The lowest BCUT2D eigenvalue weighted by atomic mass is 9.75. The predicted octanol–water partition coefficient (Wildman–Crippen LogP) is 4.82. The summed E-state index contributed by atoms with van der Waals surface area (Å²) in [5.74, 6) is 4.37. The number of hydrogen-bond acceptors (Lipinski definition) is 3. The second-order valence-corrected chi connectivity index (χ2v) is 9.76. The molecule has 1 aliphatic carbocycles. The van der Waals surface area contributed by atoms with Gasteiger partial charge in [-0.2, -0.15) is 0 Å². The molecular formula is C19H25NOS2. The average molecular weight is 348 g/mol. The van der Waals surface area contributed by atoms with Gasteiger partial charge in [0.05, 0.1) is 4.58 Å². The number of fused-ring (bicyclic) bond motifs is 1. The van der Waals surface area contributed by atoms with Crippen LogP contribution in [0.1, 0.15) is 52.6 Å². The summed E-state index contributed by atoms with van der Waals surface area (Å²) in [6, 6.07) is 8.42. The zero-order chi connectivity index (χ0) is 15.6. The zero-order valence-electron chi connectivity index (χ0n) is 13.6. The Labute approximate surface area is 147 Å². The van der Waals surface area contributed by atoms with E-state index in [0.29, 0.717) is 4.58 Å². The second-order valence-electron chi connectivity index (χ2n) is 7.04. The fourth-order valence-electron chi connectivity index (χ4n) is 4.30. The maximum absolute atomic E-state index is 12.8. The molecule has 2 nitrogen and oxygen atoms in total. The Balaban J connectivity index is 1.42. The van der Waals surface area contributed by atoms with Gasteiger partial charge in [-0.3, -0.25) is 4.79 Å². The molecule has 0 aromatic heterocycles. The van der Waals surface area contributed by atoms with Gasteiger partial charge in [-0.05, 0) is 42.4 Å². The second kappa shape index (κ2) is 7.10. The average Bonchev–Trinajstić information content (AvgIpc) is 3.15. The number of carbonyl (C=O) groups excluding carboxylic acids is 1. The van der Waals surface area contributed by atoms with Gasteiger partial charge in [0.15, 0.2) is 0 Å². The van der Waals surface area contributed by atoms with Gasteiger partial charge in [0, 0.05) is 30.2 Å². The SMILES string of the molecule is O=C(c1ccc(C2SCCS2)cc1)N1CC[C@@H]2CCCC[C@H]2C1. The van der Waals surface area contributed by atoms with Crippen LogP contribution in [-0.4, -0.2) is 35.4 Å². The molecule has 0 bridgehead atoms. The molecule has 2 aliphatic heterocycles. The highest BCUT2D eigenvalue weighted by Crippen LogP contribution is 2.45. The third-order valence-electron chi connectivity index (χ3n) is 5.63. The van der Waals surface area contributed by atoms with Gasteiger partial charge >= 0.3 is 0 Å².